The first-order chi connectivity index (χ1) is 9.16. The molecular formula is C13H17BrFN3O. The lowest BCUT2D eigenvalue weighted by Crippen LogP contribution is -2.46. The van der Waals surface area contributed by atoms with Gasteiger partial charge in [-0.1, -0.05) is 0 Å². The smallest absolute Gasteiger partial charge is 0.252 e. The Morgan fingerprint density at radius 1 is 1.42 bits per heavy atom. The Hall–Kier alpha value is -0.980. The minimum Gasteiger partial charge on any atom is -0.351 e. The van der Waals surface area contributed by atoms with Crippen LogP contribution in [0.3, 0.4) is 0 Å². The summed E-state index contributed by atoms with van der Waals surface area (Å²) in [5.41, 5.74) is 0.334. The van der Waals surface area contributed by atoms with Gasteiger partial charge in [0.1, 0.15) is 5.82 Å². The summed E-state index contributed by atoms with van der Waals surface area (Å²) in [5.74, 6) is -0.656. The van der Waals surface area contributed by atoms with Crippen LogP contribution in [0.2, 0.25) is 0 Å². The number of rotatable bonds is 4. The van der Waals surface area contributed by atoms with E-state index >= 15 is 0 Å². The van der Waals surface area contributed by atoms with Crippen LogP contribution in [0.25, 0.3) is 0 Å². The molecule has 0 aromatic heterocycles. The van der Waals surface area contributed by atoms with Crippen molar-refractivity contribution in [2.45, 2.75) is 0 Å². The van der Waals surface area contributed by atoms with Gasteiger partial charge in [0.15, 0.2) is 0 Å². The average molecular weight is 330 g/mol. The molecule has 1 amide bonds. The van der Waals surface area contributed by atoms with Crippen molar-refractivity contribution in [1.82, 2.24) is 15.5 Å². The van der Waals surface area contributed by atoms with Crippen molar-refractivity contribution in [2.24, 2.45) is 0 Å². The molecule has 1 heterocycles. The van der Waals surface area contributed by atoms with Gasteiger partial charge in [0.2, 0.25) is 0 Å². The minimum absolute atomic E-state index is 0.249. The Labute approximate surface area is 120 Å². The van der Waals surface area contributed by atoms with Gasteiger partial charge in [-0.2, -0.15) is 0 Å². The molecule has 1 aliphatic rings. The maximum absolute atomic E-state index is 13.1. The van der Waals surface area contributed by atoms with Crippen molar-refractivity contribution in [3.8, 4) is 0 Å². The van der Waals surface area contributed by atoms with Crippen molar-refractivity contribution in [3.63, 3.8) is 0 Å². The van der Waals surface area contributed by atoms with Crippen molar-refractivity contribution < 1.29 is 9.18 Å². The van der Waals surface area contributed by atoms with Crippen LogP contribution in [0.5, 0.6) is 0 Å². The van der Waals surface area contributed by atoms with Gasteiger partial charge in [0, 0.05) is 43.7 Å². The second kappa shape index (κ2) is 6.98. The lowest BCUT2D eigenvalue weighted by molar-refractivity contribution is 0.0946. The van der Waals surface area contributed by atoms with E-state index < -0.39 is 5.82 Å². The highest BCUT2D eigenvalue weighted by molar-refractivity contribution is 9.10. The summed E-state index contributed by atoms with van der Waals surface area (Å²) in [5, 5.41) is 6.09. The molecule has 2 N–H and O–H groups in total. The number of carbonyl (C=O) groups excluding carboxylic acids is 1. The number of carbonyl (C=O) groups is 1. The van der Waals surface area contributed by atoms with Crippen molar-refractivity contribution in [1.29, 1.82) is 0 Å². The molecule has 1 fully saturated rings. The molecule has 1 aromatic carbocycles. The van der Waals surface area contributed by atoms with Crippen LogP contribution in [0.1, 0.15) is 10.4 Å². The van der Waals surface area contributed by atoms with E-state index in [9.17, 15) is 9.18 Å². The van der Waals surface area contributed by atoms with Crippen LogP contribution in [-0.2, 0) is 0 Å². The van der Waals surface area contributed by atoms with Crippen molar-refractivity contribution >= 4 is 21.8 Å². The predicted molar refractivity (Wildman–Crippen MR) is 75.7 cm³/mol. The Morgan fingerprint density at radius 3 is 2.89 bits per heavy atom. The fourth-order valence-electron chi connectivity index (χ4n) is 2.03. The maximum Gasteiger partial charge on any atom is 0.252 e. The normalized spacial score (nSPS) is 16.3. The number of hydrogen-bond acceptors (Lipinski definition) is 3. The lowest BCUT2D eigenvalue weighted by Gasteiger charge is -2.27. The van der Waals surface area contributed by atoms with Gasteiger partial charge in [-0.3, -0.25) is 9.69 Å². The molecule has 19 heavy (non-hydrogen) atoms. The van der Waals surface area contributed by atoms with Crippen LogP contribution < -0.4 is 10.6 Å². The number of hydrogen-bond donors (Lipinski definition) is 2. The van der Waals surface area contributed by atoms with Gasteiger partial charge in [-0.05, 0) is 34.1 Å². The van der Waals surface area contributed by atoms with E-state index in [0.29, 0.717) is 16.6 Å². The quantitative estimate of drug-likeness (QED) is 0.873. The van der Waals surface area contributed by atoms with Crippen LogP contribution in [0, 0.1) is 5.82 Å². The SMILES string of the molecule is O=C(NCCN1CCNCC1)c1cc(F)ccc1Br. The van der Waals surface area contributed by atoms with Crippen molar-refractivity contribution in [2.75, 3.05) is 39.3 Å². The van der Waals surface area contributed by atoms with Gasteiger partial charge in [0.05, 0.1) is 5.56 Å². The van der Waals surface area contributed by atoms with Gasteiger partial charge in [0.25, 0.3) is 5.91 Å². The molecule has 0 radical (unpaired) electrons. The third-order valence-electron chi connectivity index (χ3n) is 3.10. The molecule has 4 nitrogen and oxygen atoms in total. The molecule has 0 spiro atoms. The molecular weight excluding hydrogens is 313 g/mol. The number of nitrogens with one attached hydrogen (secondary N) is 2. The van der Waals surface area contributed by atoms with Gasteiger partial charge >= 0.3 is 0 Å². The zero-order chi connectivity index (χ0) is 13.7. The summed E-state index contributed by atoms with van der Waals surface area (Å²) in [4.78, 5) is 14.2. The highest BCUT2D eigenvalue weighted by Gasteiger charge is 2.12. The molecule has 0 unspecified atom stereocenters. The van der Waals surface area contributed by atoms with Crippen LogP contribution in [0.4, 0.5) is 4.39 Å². The molecule has 1 aromatic rings. The summed E-state index contributed by atoms with van der Waals surface area (Å²) in [6.45, 7) is 5.37. The third-order valence-corrected chi connectivity index (χ3v) is 3.79. The summed E-state index contributed by atoms with van der Waals surface area (Å²) < 4.78 is 13.7. The fraction of sp³-hybridized carbons (Fsp3) is 0.462. The molecule has 6 heteroatoms. The van der Waals surface area contributed by atoms with E-state index in [0.717, 1.165) is 32.7 Å². The Balaban J connectivity index is 1.82. The van der Waals surface area contributed by atoms with Gasteiger partial charge in [-0.25, -0.2) is 4.39 Å². The molecule has 0 aliphatic carbocycles. The number of nitrogens with zero attached hydrogens (tertiary/aromatic N) is 1. The fourth-order valence-corrected chi connectivity index (χ4v) is 2.46. The van der Waals surface area contributed by atoms with E-state index in [1.54, 1.807) is 6.07 Å². The first kappa shape index (κ1) is 14.4. The van der Waals surface area contributed by atoms with Gasteiger partial charge in [-0.15, -0.1) is 0 Å². The van der Waals surface area contributed by atoms with Crippen molar-refractivity contribution in [3.05, 3.63) is 34.1 Å². The Bertz CT molecular complexity index is 450. The predicted octanol–water partition coefficient (Wildman–Crippen LogP) is 1.22. The average Bonchev–Trinajstić information content (AvgIpc) is 2.42. The molecule has 0 saturated carbocycles. The number of benzene rings is 1. The second-order valence-electron chi connectivity index (χ2n) is 4.47. The molecule has 1 aliphatic heterocycles. The summed E-state index contributed by atoms with van der Waals surface area (Å²) in [6.07, 6.45) is 0. The minimum atomic E-state index is -0.407. The van der Waals surface area contributed by atoms with E-state index in [4.69, 9.17) is 0 Å². The van der Waals surface area contributed by atoms with Gasteiger partial charge < -0.3 is 10.6 Å². The number of amides is 1. The second-order valence-corrected chi connectivity index (χ2v) is 5.33. The van der Waals surface area contributed by atoms with E-state index in [1.807, 2.05) is 0 Å². The highest BCUT2D eigenvalue weighted by atomic mass is 79.9. The van der Waals surface area contributed by atoms with Crippen LogP contribution in [0.15, 0.2) is 22.7 Å². The van der Waals surface area contributed by atoms with Crippen LogP contribution in [-0.4, -0.2) is 50.1 Å². The van der Waals surface area contributed by atoms with E-state index in [-0.39, 0.29) is 5.91 Å². The summed E-state index contributed by atoms with van der Waals surface area (Å²) in [6, 6.07) is 4.10. The van der Waals surface area contributed by atoms with E-state index in [2.05, 4.69) is 31.5 Å². The Kier molecular flexibility index (Phi) is 5.30. The molecule has 2 rings (SSSR count). The first-order valence-corrected chi connectivity index (χ1v) is 7.12. The summed E-state index contributed by atoms with van der Waals surface area (Å²) in [7, 11) is 0. The van der Waals surface area contributed by atoms with Crippen LogP contribution >= 0.6 is 15.9 Å². The zero-order valence-electron chi connectivity index (χ0n) is 10.6. The largest absolute Gasteiger partial charge is 0.351 e. The highest BCUT2D eigenvalue weighted by Crippen LogP contribution is 2.17. The lowest BCUT2D eigenvalue weighted by atomic mass is 10.2. The number of halogens is 2. The number of piperazine rings is 1. The topological polar surface area (TPSA) is 44.4 Å². The zero-order valence-corrected chi connectivity index (χ0v) is 12.2. The maximum atomic E-state index is 13.1. The standard InChI is InChI=1S/C13H17BrFN3O/c14-12-2-1-10(15)9-11(12)13(19)17-5-8-18-6-3-16-4-7-18/h1-2,9,16H,3-8H2,(H,17,19). The molecule has 1 saturated heterocycles. The molecule has 0 atom stereocenters. The Morgan fingerprint density at radius 2 is 2.16 bits per heavy atom. The van der Waals surface area contributed by atoms with E-state index in [1.165, 1.54) is 12.1 Å². The molecule has 104 valence electrons. The first-order valence-electron chi connectivity index (χ1n) is 6.33. The monoisotopic (exact) mass is 329 g/mol. The molecule has 0 bridgehead atoms. The third kappa shape index (κ3) is 4.26. The summed E-state index contributed by atoms with van der Waals surface area (Å²) >= 11 is 3.25.